The molecule has 0 N–H and O–H groups in total. The Bertz CT molecular complexity index is 999. The predicted molar refractivity (Wildman–Crippen MR) is 116 cm³/mol. The molecule has 3 aromatic carbocycles. The summed E-state index contributed by atoms with van der Waals surface area (Å²) in [6, 6.07) is 21.0. The summed E-state index contributed by atoms with van der Waals surface area (Å²) >= 11 is 5.86. The standard InChI is InChI=1S/C24H22ClNO4/c1-26(15-17-3-11-21(29-2)12-4-17)23(27)16-30-22-13-7-19(8-14-22)24(28)18-5-9-20(25)10-6-18/h3-14H,15-16H2,1-2H3. The molecule has 3 rings (SSSR count). The lowest BCUT2D eigenvalue weighted by Crippen LogP contribution is -2.30. The van der Waals surface area contributed by atoms with Gasteiger partial charge in [-0.3, -0.25) is 9.59 Å². The fourth-order valence-corrected chi connectivity index (χ4v) is 2.94. The number of ketones is 1. The van der Waals surface area contributed by atoms with Gasteiger partial charge in [0.25, 0.3) is 5.91 Å². The lowest BCUT2D eigenvalue weighted by molar-refractivity contribution is -0.132. The number of hydrogen-bond acceptors (Lipinski definition) is 4. The van der Waals surface area contributed by atoms with Gasteiger partial charge in [0, 0.05) is 29.7 Å². The van der Waals surface area contributed by atoms with Gasteiger partial charge < -0.3 is 14.4 Å². The summed E-state index contributed by atoms with van der Waals surface area (Å²) in [5, 5.41) is 0.580. The molecule has 0 fully saturated rings. The second-order valence-electron chi connectivity index (χ2n) is 6.75. The minimum atomic E-state index is -0.146. The largest absolute Gasteiger partial charge is 0.497 e. The van der Waals surface area contributed by atoms with E-state index in [2.05, 4.69) is 0 Å². The molecule has 0 atom stereocenters. The smallest absolute Gasteiger partial charge is 0.260 e. The third-order valence-electron chi connectivity index (χ3n) is 4.59. The fraction of sp³-hybridized carbons (Fsp3) is 0.167. The van der Waals surface area contributed by atoms with E-state index in [9.17, 15) is 9.59 Å². The Kier molecular flexibility index (Phi) is 7.09. The number of rotatable bonds is 8. The van der Waals surface area contributed by atoms with E-state index >= 15 is 0 Å². The molecule has 0 spiro atoms. The number of carbonyl (C=O) groups is 2. The van der Waals surface area contributed by atoms with Crippen molar-refractivity contribution >= 4 is 23.3 Å². The lowest BCUT2D eigenvalue weighted by Gasteiger charge is -2.18. The summed E-state index contributed by atoms with van der Waals surface area (Å²) in [5.41, 5.74) is 2.09. The zero-order valence-corrected chi connectivity index (χ0v) is 17.6. The second kappa shape index (κ2) is 9.94. The summed E-state index contributed by atoms with van der Waals surface area (Å²) in [7, 11) is 3.34. The molecule has 0 aromatic heterocycles. The van der Waals surface area contributed by atoms with Gasteiger partial charge >= 0.3 is 0 Å². The van der Waals surface area contributed by atoms with Gasteiger partial charge in [0.2, 0.25) is 0 Å². The molecule has 5 nitrogen and oxygen atoms in total. The van der Waals surface area contributed by atoms with Crippen LogP contribution in [0, 0.1) is 0 Å². The van der Waals surface area contributed by atoms with Gasteiger partial charge in [0.15, 0.2) is 12.4 Å². The topological polar surface area (TPSA) is 55.8 Å². The molecule has 1 amide bonds. The quantitative estimate of drug-likeness (QED) is 0.496. The van der Waals surface area contributed by atoms with E-state index in [1.54, 1.807) is 67.6 Å². The Morgan fingerprint density at radius 3 is 1.93 bits per heavy atom. The van der Waals surface area contributed by atoms with Gasteiger partial charge in [0.05, 0.1) is 7.11 Å². The maximum atomic E-state index is 12.5. The van der Waals surface area contributed by atoms with E-state index in [4.69, 9.17) is 21.1 Å². The van der Waals surface area contributed by atoms with Gasteiger partial charge in [-0.2, -0.15) is 0 Å². The number of benzene rings is 3. The number of methoxy groups -OCH3 is 1. The Hall–Kier alpha value is -3.31. The van der Waals surface area contributed by atoms with Crippen LogP contribution in [0.2, 0.25) is 5.02 Å². The molecule has 30 heavy (non-hydrogen) atoms. The summed E-state index contributed by atoms with van der Waals surface area (Å²) in [5.74, 6) is 1.04. The van der Waals surface area contributed by atoms with E-state index in [0.29, 0.717) is 28.4 Å². The van der Waals surface area contributed by atoms with Gasteiger partial charge in [-0.05, 0) is 66.2 Å². The molecule has 0 saturated heterocycles. The molecule has 0 radical (unpaired) electrons. The van der Waals surface area contributed by atoms with Gasteiger partial charge in [-0.25, -0.2) is 0 Å². The van der Waals surface area contributed by atoms with Crippen molar-refractivity contribution < 1.29 is 19.1 Å². The number of likely N-dealkylation sites (N-methyl/N-ethyl adjacent to an activating group) is 1. The van der Waals surface area contributed by atoms with E-state index in [0.717, 1.165) is 11.3 Å². The number of ether oxygens (including phenoxy) is 2. The highest BCUT2D eigenvalue weighted by Crippen LogP contribution is 2.18. The maximum absolute atomic E-state index is 12.5. The fourth-order valence-electron chi connectivity index (χ4n) is 2.82. The Balaban J connectivity index is 1.52. The van der Waals surface area contributed by atoms with Crippen LogP contribution in [0.5, 0.6) is 11.5 Å². The predicted octanol–water partition coefficient (Wildman–Crippen LogP) is 4.62. The molecule has 0 saturated carbocycles. The van der Waals surface area contributed by atoms with Crippen LogP contribution >= 0.6 is 11.6 Å². The maximum Gasteiger partial charge on any atom is 0.260 e. The van der Waals surface area contributed by atoms with Crippen molar-refractivity contribution in [2.75, 3.05) is 20.8 Å². The van der Waals surface area contributed by atoms with Gasteiger partial charge in [-0.15, -0.1) is 0 Å². The first-order chi connectivity index (χ1) is 14.5. The monoisotopic (exact) mass is 423 g/mol. The third kappa shape index (κ3) is 5.61. The second-order valence-corrected chi connectivity index (χ2v) is 7.18. The van der Waals surface area contributed by atoms with E-state index in [1.807, 2.05) is 24.3 Å². The van der Waals surface area contributed by atoms with Crippen LogP contribution < -0.4 is 9.47 Å². The van der Waals surface area contributed by atoms with Crippen LogP contribution in [0.15, 0.2) is 72.8 Å². The zero-order chi connectivity index (χ0) is 21.5. The van der Waals surface area contributed by atoms with Gasteiger partial charge in [0.1, 0.15) is 11.5 Å². The number of nitrogens with zero attached hydrogens (tertiary/aromatic N) is 1. The first-order valence-electron chi connectivity index (χ1n) is 9.36. The number of amides is 1. The highest BCUT2D eigenvalue weighted by Gasteiger charge is 2.12. The van der Waals surface area contributed by atoms with Crippen molar-refractivity contribution in [2.45, 2.75) is 6.54 Å². The summed E-state index contributed by atoms with van der Waals surface area (Å²) in [6.07, 6.45) is 0. The van der Waals surface area contributed by atoms with Crippen LogP contribution in [-0.2, 0) is 11.3 Å². The average Bonchev–Trinajstić information content (AvgIpc) is 2.78. The van der Waals surface area contributed by atoms with E-state index in [-0.39, 0.29) is 18.3 Å². The highest BCUT2D eigenvalue weighted by atomic mass is 35.5. The molecule has 3 aromatic rings. The minimum absolute atomic E-state index is 0.0862. The average molecular weight is 424 g/mol. The molecule has 154 valence electrons. The van der Waals surface area contributed by atoms with E-state index in [1.165, 1.54) is 0 Å². The number of carbonyl (C=O) groups excluding carboxylic acids is 2. The molecule has 0 aliphatic carbocycles. The van der Waals surface area contributed by atoms with Crippen molar-refractivity contribution in [2.24, 2.45) is 0 Å². The molecule has 0 bridgehead atoms. The Morgan fingerprint density at radius 2 is 1.37 bits per heavy atom. The number of hydrogen-bond donors (Lipinski definition) is 0. The van der Waals surface area contributed by atoms with E-state index < -0.39 is 0 Å². The first-order valence-corrected chi connectivity index (χ1v) is 9.74. The van der Waals surface area contributed by atoms with Crippen LogP contribution in [0.25, 0.3) is 0 Å². The molecular weight excluding hydrogens is 402 g/mol. The summed E-state index contributed by atoms with van der Waals surface area (Å²) in [6.45, 7) is 0.387. The first kappa shape index (κ1) is 21.4. The van der Waals surface area contributed by atoms with Crippen molar-refractivity contribution in [1.29, 1.82) is 0 Å². The highest BCUT2D eigenvalue weighted by molar-refractivity contribution is 6.30. The summed E-state index contributed by atoms with van der Waals surface area (Å²) in [4.78, 5) is 26.4. The van der Waals surface area contributed by atoms with Crippen molar-refractivity contribution in [1.82, 2.24) is 4.90 Å². The SMILES string of the molecule is COc1ccc(CN(C)C(=O)COc2ccc(C(=O)c3ccc(Cl)cc3)cc2)cc1. The van der Waals surface area contributed by atoms with Crippen molar-refractivity contribution in [3.8, 4) is 11.5 Å². The molecule has 0 aliphatic heterocycles. The lowest BCUT2D eigenvalue weighted by atomic mass is 10.0. The van der Waals surface area contributed by atoms with Crippen LogP contribution in [0.1, 0.15) is 21.5 Å². The molecular formula is C24H22ClNO4. The van der Waals surface area contributed by atoms with Crippen LogP contribution in [0.4, 0.5) is 0 Å². The summed E-state index contributed by atoms with van der Waals surface area (Å²) < 4.78 is 10.7. The minimum Gasteiger partial charge on any atom is -0.497 e. The molecule has 0 heterocycles. The molecule has 0 aliphatic rings. The third-order valence-corrected chi connectivity index (χ3v) is 4.84. The van der Waals surface area contributed by atoms with Gasteiger partial charge in [-0.1, -0.05) is 23.7 Å². The van der Waals surface area contributed by atoms with Crippen molar-refractivity contribution in [3.63, 3.8) is 0 Å². The van der Waals surface area contributed by atoms with Crippen molar-refractivity contribution in [3.05, 3.63) is 94.5 Å². The zero-order valence-electron chi connectivity index (χ0n) is 16.8. The molecule has 0 unspecified atom stereocenters. The Morgan fingerprint density at radius 1 is 0.833 bits per heavy atom. The van der Waals surface area contributed by atoms with Crippen LogP contribution in [0.3, 0.4) is 0 Å². The normalized spacial score (nSPS) is 10.4. The Labute approximate surface area is 180 Å². The number of halogens is 1. The van der Waals surface area contributed by atoms with Crippen LogP contribution in [-0.4, -0.2) is 37.4 Å². The molecule has 6 heteroatoms.